The van der Waals surface area contributed by atoms with Crippen molar-refractivity contribution < 1.29 is 9.13 Å². The second-order valence-corrected chi connectivity index (χ2v) is 5.86. The average molecular weight is 269 g/mol. The first-order valence-electron chi connectivity index (χ1n) is 6.52. The van der Waals surface area contributed by atoms with Crippen molar-refractivity contribution in [2.45, 2.75) is 32.4 Å². The Hall–Kier alpha value is -0.740. The summed E-state index contributed by atoms with van der Waals surface area (Å²) in [7, 11) is 0. The predicted molar refractivity (Wildman–Crippen MR) is 74.8 cm³/mol. The SMILES string of the molecule is CCSCCOc1ccc(CNC2CC2)cc1F. The highest BCUT2D eigenvalue weighted by Gasteiger charge is 2.20. The van der Waals surface area contributed by atoms with E-state index in [0.717, 1.165) is 23.6 Å². The normalized spacial score (nSPS) is 14.8. The monoisotopic (exact) mass is 269 g/mol. The van der Waals surface area contributed by atoms with Crippen LogP contribution in [0.15, 0.2) is 18.2 Å². The highest BCUT2D eigenvalue weighted by molar-refractivity contribution is 7.99. The van der Waals surface area contributed by atoms with Crippen LogP contribution in [0.4, 0.5) is 4.39 Å². The molecule has 2 rings (SSSR count). The minimum Gasteiger partial charge on any atom is -0.490 e. The number of benzene rings is 1. The Balaban J connectivity index is 1.79. The summed E-state index contributed by atoms with van der Waals surface area (Å²) in [4.78, 5) is 0. The first-order valence-corrected chi connectivity index (χ1v) is 7.67. The number of thioether (sulfide) groups is 1. The quantitative estimate of drug-likeness (QED) is 0.732. The zero-order chi connectivity index (χ0) is 12.8. The zero-order valence-electron chi connectivity index (χ0n) is 10.7. The van der Waals surface area contributed by atoms with Crippen molar-refractivity contribution in [2.75, 3.05) is 18.1 Å². The van der Waals surface area contributed by atoms with E-state index in [1.54, 1.807) is 23.9 Å². The number of hydrogen-bond donors (Lipinski definition) is 1. The van der Waals surface area contributed by atoms with Crippen molar-refractivity contribution in [3.63, 3.8) is 0 Å². The number of rotatable bonds is 8. The van der Waals surface area contributed by atoms with Gasteiger partial charge in [-0.05, 0) is 36.3 Å². The molecule has 0 spiro atoms. The fraction of sp³-hybridized carbons (Fsp3) is 0.571. The molecule has 0 aromatic heterocycles. The summed E-state index contributed by atoms with van der Waals surface area (Å²) in [5.74, 6) is 2.08. The molecule has 18 heavy (non-hydrogen) atoms. The van der Waals surface area contributed by atoms with Crippen LogP contribution in [-0.2, 0) is 6.54 Å². The highest BCUT2D eigenvalue weighted by Crippen LogP contribution is 2.21. The van der Waals surface area contributed by atoms with E-state index < -0.39 is 0 Å². The molecule has 0 unspecified atom stereocenters. The van der Waals surface area contributed by atoms with Crippen LogP contribution in [0.5, 0.6) is 5.75 Å². The molecule has 1 saturated carbocycles. The van der Waals surface area contributed by atoms with Crippen LogP contribution in [0.2, 0.25) is 0 Å². The van der Waals surface area contributed by atoms with Crippen molar-refractivity contribution in [1.29, 1.82) is 0 Å². The molecule has 2 nitrogen and oxygen atoms in total. The maximum Gasteiger partial charge on any atom is 0.165 e. The molecule has 0 amide bonds. The largest absolute Gasteiger partial charge is 0.490 e. The highest BCUT2D eigenvalue weighted by atomic mass is 32.2. The Bertz CT molecular complexity index is 382. The molecule has 4 heteroatoms. The fourth-order valence-electron chi connectivity index (χ4n) is 1.68. The van der Waals surface area contributed by atoms with E-state index in [1.807, 2.05) is 6.07 Å². The molecular weight excluding hydrogens is 249 g/mol. The Labute approximate surface area is 112 Å². The van der Waals surface area contributed by atoms with Crippen LogP contribution < -0.4 is 10.1 Å². The topological polar surface area (TPSA) is 21.3 Å². The second kappa shape index (κ2) is 7.00. The van der Waals surface area contributed by atoms with Gasteiger partial charge < -0.3 is 10.1 Å². The molecule has 0 aliphatic heterocycles. The lowest BCUT2D eigenvalue weighted by molar-refractivity contribution is 0.324. The molecule has 1 N–H and O–H groups in total. The molecule has 0 saturated heterocycles. The molecule has 1 aliphatic carbocycles. The summed E-state index contributed by atoms with van der Waals surface area (Å²) in [5.41, 5.74) is 0.981. The third-order valence-corrected chi connectivity index (χ3v) is 3.72. The van der Waals surface area contributed by atoms with Gasteiger partial charge in [0.25, 0.3) is 0 Å². The first kappa shape index (κ1) is 13.7. The average Bonchev–Trinajstić information content (AvgIpc) is 3.18. The van der Waals surface area contributed by atoms with Gasteiger partial charge in [0, 0.05) is 18.3 Å². The van der Waals surface area contributed by atoms with Gasteiger partial charge in [-0.25, -0.2) is 4.39 Å². The van der Waals surface area contributed by atoms with Gasteiger partial charge in [0.15, 0.2) is 11.6 Å². The van der Waals surface area contributed by atoms with E-state index in [2.05, 4.69) is 12.2 Å². The zero-order valence-corrected chi connectivity index (χ0v) is 11.6. The summed E-state index contributed by atoms with van der Waals surface area (Å²) < 4.78 is 19.2. The number of nitrogens with one attached hydrogen (secondary N) is 1. The van der Waals surface area contributed by atoms with E-state index in [0.29, 0.717) is 18.4 Å². The number of halogens is 1. The van der Waals surface area contributed by atoms with Gasteiger partial charge >= 0.3 is 0 Å². The Kier molecular flexibility index (Phi) is 5.32. The molecule has 1 aromatic carbocycles. The molecule has 0 heterocycles. The Morgan fingerprint density at radius 1 is 1.44 bits per heavy atom. The molecule has 0 bridgehead atoms. The van der Waals surface area contributed by atoms with Gasteiger partial charge in [-0.15, -0.1) is 0 Å². The van der Waals surface area contributed by atoms with E-state index in [1.165, 1.54) is 12.8 Å². The summed E-state index contributed by atoms with van der Waals surface area (Å²) in [6.45, 7) is 3.41. The lowest BCUT2D eigenvalue weighted by Crippen LogP contribution is -2.15. The Morgan fingerprint density at radius 3 is 2.94 bits per heavy atom. The van der Waals surface area contributed by atoms with E-state index >= 15 is 0 Å². The third-order valence-electron chi connectivity index (χ3n) is 2.86. The van der Waals surface area contributed by atoms with Gasteiger partial charge in [0.1, 0.15) is 0 Å². The standard InChI is InChI=1S/C14H20FNOS/c1-2-18-8-7-17-14-6-3-11(9-13(14)15)10-16-12-4-5-12/h3,6,9,12,16H,2,4-5,7-8,10H2,1H3. The molecular formula is C14H20FNOS. The summed E-state index contributed by atoms with van der Waals surface area (Å²) in [5, 5.41) is 3.37. The Morgan fingerprint density at radius 2 is 2.28 bits per heavy atom. The summed E-state index contributed by atoms with van der Waals surface area (Å²) in [6.07, 6.45) is 2.50. The summed E-state index contributed by atoms with van der Waals surface area (Å²) in [6, 6.07) is 5.88. The fourth-order valence-corrected chi connectivity index (χ4v) is 2.17. The van der Waals surface area contributed by atoms with Crippen molar-refractivity contribution in [2.24, 2.45) is 0 Å². The number of ether oxygens (including phenoxy) is 1. The van der Waals surface area contributed by atoms with E-state index in [4.69, 9.17) is 4.74 Å². The minimum atomic E-state index is -0.258. The van der Waals surface area contributed by atoms with Gasteiger partial charge in [-0.2, -0.15) is 11.8 Å². The van der Waals surface area contributed by atoms with Crippen molar-refractivity contribution >= 4 is 11.8 Å². The predicted octanol–water partition coefficient (Wildman–Crippen LogP) is 3.21. The van der Waals surface area contributed by atoms with Crippen LogP contribution in [0.3, 0.4) is 0 Å². The lowest BCUT2D eigenvalue weighted by atomic mass is 10.2. The smallest absolute Gasteiger partial charge is 0.165 e. The first-order chi connectivity index (χ1) is 8.79. The van der Waals surface area contributed by atoms with Gasteiger partial charge in [-0.3, -0.25) is 0 Å². The summed E-state index contributed by atoms with van der Waals surface area (Å²) >= 11 is 1.80. The third kappa shape index (κ3) is 4.50. The molecule has 1 fully saturated rings. The van der Waals surface area contributed by atoms with Crippen LogP contribution in [0.25, 0.3) is 0 Å². The van der Waals surface area contributed by atoms with Gasteiger partial charge in [0.05, 0.1) is 6.61 Å². The van der Waals surface area contributed by atoms with Crippen LogP contribution in [0.1, 0.15) is 25.3 Å². The van der Waals surface area contributed by atoms with E-state index in [9.17, 15) is 4.39 Å². The van der Waals surface area contributed by atoms with Crippen LogP contribution >= 0.6 is 11.8 Å². The van der Waals surface area contributed by atoms with Crippen LogP contribution in [0, 0.1) is 5.82 Å². The van der Waals surface area contributed by atoms with Crippen LogP contribution in [-0.4, -0.2) is 24.2 Å². The van der Waals surface area contributed by atoms with Gasteiger partial charge in [-0.1, -0.05) is 13.0 Å². The maximum absolute atomic E-state index is 13.7. The maximum atomic E-state index is 13.7. The van der Waals surface area contributed by atoms with Crippen molar-refractivity contribution in [3.8, 4) is 5.75 Å². The lowest BCUT2D eigenvalue weighted by Gasteiger charge is -2.09. The van der Waals surface area contributed by atoms with Crippen molar-refractivity contribution in [3.05, 3.63) is 29.6 Å². The molecule has 100 valence electrons. The molecule has 1 aliphatic rings. The van der Waals surface area contributed by atoms with E-state index in [-0.39, 0.29) is 5.82 Å². The molecule has 1 aromatic rings. The number of hydrogen-bond acceptors (Lipinski definition) is 3. The van der Waals surface area contributed by atoms with Gasteiger partial charge in [0.2, 0.25) is 0 Å². The molecule has 0 radical (unpaired) electrons. The minimum absolute atomic E-state index is 0.258. The second-order valence-electron chi connectivity index (χ2n) is 4.47. The molecule has 0 atom stereocenters. The van der Waals surface area contributed by atoms with Crippen molar-refractivity contribution in [1.82, 2.24) is 5.32 Å².